The van der Waals surface area contributed by atoms with Crippen LogP contribution in [0.4, 0.5) is 9.59 Å². The van der Waals surface area contributed by atoms with E-state index in [1.54, 1.807) is 9.80 Å². The third-order valence-corrected chi connectivity index (χ3v) is 11.1. The molecule has 0 N–H and O–H groups in total. The number of piperidine rings is 1. The highest BCUT2D eigenvalue weighted by Crippen LogP contribution is 2.36. The Morgan fingerprint density at radius 3 is 2.32 bits per heavy atom. The summed E-state index contributed by atoms with van der Waals surface area (Å²) < 4.78 is 17.6. The molecule has 1 aliphatic rings. The first kappa shape index (κ1) is 28.2. The lowest BCUT2D eigenvalue weighted by atomic mass is 10.0. The van der Waals surface area contributed by atoms with Gasteiger partial charge in [0.2, 0.25) is 0 Å². The summed E-state index contributed by atoms with van der Waals surface area (Å²) in [6, 6.07) is 9.49. The van der Waals surface area contributed by atoms with Crippen molar-refractivity contribution in [3.63, 3.8) is 0 Å². The summed E-state index contributed by atoms with van der Waals surface area (Å²) >= 11 is 0. The Labute approximate surface area is 206 Å². The van der Waals surface area contributed by atoms with Crippen molar-refractivity contribution in [2.75, 3.05) is 26.2 Å². The summed E-state index contributed by atoms with van der Waals surface area (Å²) in [6.45, 7) is 18.8. The molecule has 0 aromatic heterocycles. The quantitative estimate of drug-likeness (QED) is 0.434. The van der Waals surface area contributed by atoms with Crippen molar-refractivity contribution in [1.82, 2.24) is 9.80 Å². The Kier molecular flexibility index (Phi) is 9.59. The SMILES string of the molecule is CC(C)(C)OC(=O)N(CCO[Si](C)(C)C(C)(C)C)[C@H]1CCCN(C(=O)OCc2ccccc2)C1. The first-order chi connectivity index (χ1) is 15.7. The van der Waals surface area contributed by atoms with Gasteiger partial charge in [0, 0.05) is 19.6 Å². The lowest BCUT2D eigenvalue weighted by molar-refractivity contribution is 0.00143. The average molecular weight is 493 g/mol. The van der Waals surface area contributed by atoms with E-state index >= 15 is 0 Å². The van der Waals surface area contributed by atoms with Crippen molar-refractivity contribution in [2.24, 2.45) is 0 Å². The van der Waals surface area contributed by atoms with Crippen LogP contribution >= 0.6 is 0 Å². The van der Waals surface area contributed by atoms with E-state index in [-0.39, 0.29) is 29.9 Å². The largest absolute Gasteiger partial charge is 0.445 e. The second kappa shape index (κ2) is 11.6. The van der Waals surface area contributed by atoms with Gasteiger partial charge in [-0.3, -0.25) is 0 Å². The summed E-state index contributed by atoms with van der Waals surface area (Å²) in [5.41, 5.74) is 0.348. The molecule has 0 bridgehead atoms. The molecule has 1 heterocycles. The number of ether oxygens (including phenoxy) is 2. The Morgan fingerprint density at radius 1 is 1.09 bits per heavy atom. The predicted molar refractivity (Wildman–Crippen MR) is 137 cm³/mol. The minimum absolute atomic E-state index is 0.0912. The van der Waals surface area contributed by atoms with E-state index in [4.69, 9.17) is 13.9 Å². The third kappa shape index (κ3) is 8.62. The molecule has 1 aromatic carbocycles. The van der Waals surface area contributed by atoms with Crippen molar-refractivity contribution >= 4 is 20.5 Å². The van der Waals surface area contributed by atoms with Gasteiger partial charge in [0.1, 0.15) is 12.2 Å². The maximum absolute atomic E-state index is 13.1. The van der Waals surface area contributed by atoms with Crippen LogP contribution in [0.2, 0.25) is 18.1 Å². The van der Waals surface area contributed by atoms with Gasteiger partial charge >= 0.3 is 12.2 Å². The van der Waals surface area contributed by atoms with Crippen molar-refractivity contribution in [1.29, 1.82) is 0 Å². The predicted octanol–water partition coefficient (Wildman–Crippen LogP) is 6.05. The molecule has 1 aliphatic heterocycles. The maximum Gasteiger partial charge on any atom is 0.410 e. The molecule has 34 heavy (non-hydrogen) atoms. The van der Waals surface area contributed by atoms with Crippen LogP contribution in [-0.4, -0.2) is 68.2 Å². The molecule has 0 saturated carbocycles. The Balaban J connectivity index is 2.04. The first-order valence-electron chi connectivity index (χ1n) is 12.3. The number of hydrogen-bond donors (Lipinski definition) is 0. The number of rotatable bonds is 7. The van der Waals surface area contributed by atoms with Gasteiger partial charge in [-0.15, -0.1) is 0 Å². The summed E-state index contributed by atoms with van der Waals surface area (Å²) in [5.74, 6) is 0. The molecule has 2 amide bonds. The summed E-state index contributed by atoms with van der Waals surface area (Å²) in [7, 11) is -1.94. The fraction of sp³-hybridized carbons (Fsp3) is 0.692. The van der Waals surface area contributed by atoms with E-state index in [0.717, 1.165) is 18.4 Å². The highest BCUT2D eigenvalue weighted by Gasteiger charge is 2.38. The van der Waals surface area contributed by atoms with Gasteiger partial charge in [0.15, 0.2) is 8.32 Å². The molecular formula is C26H44N2O5Si. The highest BCUT2D eigenvalue weighted by molar-refractivity contribution is 6.74. The molecule has 7 nitrogen and oxygen atoms in total. The molecule has 1 fully saturated rings. The zero-order valence-electron chi connectivity index (χ0n) is 22.3. The first-order valence-corrected chi connectivity index (χ1v) is 15.2. The van der Waals surface area contributed by atoms with Crippen LogP contribution in [0.25, 0.3) is 0 Å². The number of nitrogens with zero attached hydrogens (tertiary/aromatic N) is 2. The monoisotopic (exact) mass is 492 g/mol. The van der Waals surface area contributed by atoms with E-state index < -0.39 is 13.9 Å². The molecule has 0 radical (unpaired) electrons. The smallest absolute Gasteiger partial charge is 0.410 e. The lowest BCUT2D eigenvalue weighted by Crippen LogP contribution is -2.54. The average Bonchev–Trinajstić information content (AvgIpc) is 2.73. The summed E-state index contributed by atoms with van der Waals surface area (Å²) in [4.78, 5) is 29.3. The zero-order chi connectivity index (χ0) is 25.6. The molecule has 0 aliphatic carbocycles. The van der Waals surface area contributed by atoms with E-state index in [2.05, 4.69) is 33.9 Å². The molecule has 1 aromatic rings. The van der Waals surface area contributed by atoms with Crippen molar-refractivity contribution < 1.29 is 23.5 Å². The molecule has 0 spiro atoms. The third-order valence-electron chi connectivity index (χ3n) is 6.53. The summed E-state index contributed by atoms with van der Waals surface area (Å²) in [5, 5.41) is 0.0912. The van der Waals surface area contributed by atoms with E-state index in [1.165, 1.54) is 0 Å². The second-order valence-corrected chi connectivity index (χ2v) is 16.4. The summed E-state index contributed by atoms with van der Waals surface area (Å²) in [6.07, 6.45) is 0.890. The Hall–Kier alpha value is -2.06. The maximum atomic E-state index is 13.1. The minimum atomic E-state index is -1.94. The Morgan fingerprint density at radius 2 is 1.74 bits per heavy atom. The lowest BCUT2D eigenvalue weighted by Gasteiger charge is -2.40. The van der Waals surface area contributed by atoms with Crippen LogP contribution in [0.3, 0.4) is 0 Å². The Bertz CT molecular complexity index is 802. The van der Waals surface area contributed by atoms with Gasteiger partial charge in [-0.05, 0) is 57.3 Å². The van der Waals surface area contributed by atoms with E-state index in [9.17, 15) is 9.59 Å². The molecule has 192 valence electrons. The second-order valence-electron chi connectivity index (χ2n) is 11.6. The highest BCUT2D eigenvalue weighted by atomic mass is 28.4. The standard InChI is InChI=1S/C26H44N2O5Si/c1-25(2,3)33-24(30)28(17-18-32-34(7,8)26(4,5)6)22-15-12-16-27(19-22)23(29)31-20-21-13-10-9-11-14-21/h9-11,13-14,22H,12,15-20H2,1-8H3/t22-/m0/s1. The van der Waals surface area contributed by atoms with E-state index in [0.29, 0.717) is 26.2 Å². The topological polar surface area (TPSA) is 68.3 Å². The molecule has 1 atom stereocenters. The fourth-order valence-electron chi connectivity index (χ4n) is 3.54. The van der Waals surface area contributed by atoms with Gasteiger partial charge in [-0.25, -0.2) is 9.59 Å². The number of benzene rings is 1. The number of likely N-dealkylation sites (tertiary alicyclic amines) is 1. The van der Waals surface area contributed by atoms with Crippen LogP contribution in [0, 0.1) is 0 Å². The van der Waals surface area contributed by atoms with Crippen LogP contribution < -0.4 is 0 Å². The van der Waals surface area contributed by atoms with Gasteiger partial charge in [0.25, 0.3) is 0 Å². The van der Waals surface area contributed by atoms with Crippen LogP contribution in [0.1, 0.15) is 59.9 Å². The molecular weight excluding hydrogens is 448 g/mol. The molecule has 8 heteroatoms. The zero-order valence-corrected chi connectivity index (χ0v) is 23.3. The van der Waals surface area contributed by atoms with Crippen LogP contribution in [-0.2, 0) is 20.5 Å². The number of carbonyl (C=O) groups is 2. The molecule has 2 rings (SSSR count). The van der Waals surface area contributed by atoms with Crippen molar-refractivity contribution in [3.8, 4) is 0 Å². The van der Waals surface area contributed by atoms with Crippen LogP contribution in [0.15, 0.2) is 30.3 Å². The fourth-order valence-corrected chi connectivity index (χ4v) is 4.58. The number of carbonyl (C=O) groups excluding carboxylic acids is 2. The van der Waals surface area contributed by atoms with Gasteiger partial charge < -0.3 is 23.7 Å². The van der Waals surface area contributed by atoms with Crippen LogP contribution in [0.5, 0.6) is 0 Å². The van der Waals surface area contributed by atoms with Gasteiger partial charge in [-0.1, -0.05) is 51.1 Å². The number of hydrogen-bond acceptors (Lipinski definition) is 5. The molecule has 0 unspecified atom stereocenters. The number of amides is 2. The van der Waals surface area contributed by atoms with Crippen molar-refractivity contribution in [2.45, 2.75) is 90.8 Å². The van der Waals surface area contributed by atoms with Gasteiger partial charge in [-0.2, -0.15) is 0 Å². The minimum Gasteiger partial charge on any atom is -0.445 e. The van der Waals surface area contributed by atoms with E-state index in [1.807, 2.05) is 51.1 Å². The normalized spacial score (nSPS) is 17.3. The van der Waals surface area contributed by atoms with Gasteiger partial charge in [0.05, 0.1) is 12.6 Å². The molecule has 1 saturated heterocycles. The van der Waals surface area contributed by atoms with Crippen molar-refractivity contribution in [3.05, 3.63) is 35.9 Å².